The predicted octanol–water partition coefficient (Wildman–Crippen LogP) is 1.99. The van der Waals surface area contributed by atoms with Crippen molar-refractivity contribution in [3.63, 3.8) is 0 Å². The molecule has 1 fully saturated rings. The first-order valence-corrected chi connectivity index (χ1v) is 7.56. The molecule has 0 aliphatic carbocycles. The normalized spacial score (nSPS) is 18.4. The summed E-state index contributed by atoms with van der Waals surface area (Å²) in [5.41, 5.74) is 7.03. The molecule has 1 aliphatic heterocycles. The van der Waals surface area contributed by atoms with Crippen LogP contribution in [0.1, 0.15) is 43.0 Å². The van der Waals surface area contributed by atoms with Gasteiger partial charge in [-0.3, -0.25) is 9.59 Å². The zero-order chi connectivity index (χ0) is 15.2. The van der Waals surface area contributed by atoms with E-state index in [0.29, 0.717) is 24.2 Å². The summed E-state index contributed by atoms with van der Waals surface area (Å²) in [4.78, 5) is 25.9. The number of nitrogens with two attached hydrogens (primary N) is 1. The summed E-state index contributed by atoms with van der Waals surface area (Å²) in [5.74, 6) is -0.0600. The first-order chi connectivity index (χ1) is 10.2. The number of rotatable bonds is 4. The number of nitrogens with one attached hydrogen (secondary N) is 1. The van der Waals surface area contributed by atoms with Crippen LogP contribution in [0.3, 0.4) is 0 Å². The van der Waals surface area contributed by atoms with Crippen LogP contribution in [-0.2, 0) is 4.79 Å². The van der Waals surface area contributed by atoms with Crippen molar-refractivity contribution in [1.29, 1.82) is 0 Å². The van der Waals surface area contributed by atoms with Gasteiger partial charge in [-0.2, -0.15) is 0 Å². The van der Waals surface area contributed by atoms with Gasteiger partial charge in [0.2, 0.25) is 5.91 Å². The third-order valence-electron chi connectivity index (χ3n) is 3.87. The Morgan fingerprint density at radius 2 is 2.19 bits per heavy atom. The Bertz CT molecular complexity index is 516. The summed E-state index contributed by atoms with van der Waals surface area (Å²) in [6.07, 6.45) is 3.53. The second-order valence-corrected chi connectivity index (χ2v) is 5.37. The molecule has 1 aromatic carbocycles. The Hall–Kier alpha value is -1.88. The second kappa shape index (κ2) is 7.22. The molecule has 2 amide bonds. The van der Waals surface area contributed by atoms with Crippen molar-refractivity contribution in [2.75, 3.05) is 18.4 Å². The van der Waals surface area contributed by atoms with Crippen molar-refractivity contribution in [2.45, 2.75) is 38.6 Å². The molecule has 0 aromatic heterocycles. The lowest BCUT2D eigenvalue weighted by Crippen LogP contribution is -2.47. The largest absolute Gasteiger partial charge is 0.334 e. The van der Waals surface area contributed by atoms with E-state index in [4.69, 9.17) is 5.73 Å². The maximum Gasteiger partial charge on any atom is 0.254 e. The lowest BCUT2D eigenvalue weighted by molar-refractivity contribution is -0.115. The zero-order valence-corrected chi connectivity index (χ0v) is 12.5. The molecule has 1 unspecified atom stereocenters. The predicted molar refractivity (Wildman–Crippen MR) is 83.1 cm³/mol. The van der Waals surface area contributed by atoms with Gasteiger partial charge in [0.25, 0.3) is 5.91 Å². The van der Waals surface area contributed by atoms with E-state index in [1.54, 1.807) is 31.2 Å². The fraction of sp³-hybridized carbons (Fsp3) is 0.500. The third-order valence-corrected chi connectivity index (χ3v) is 3.87. The Kier molecular flexibility index (Phi) is 5.33. The van der Waals surface area contributed by atoms with E-state index >= 15 is 0 Å². The molecule has 1 aliphatic rings. The Morgan fingerprint density at radius 3 is 2.90 bits per heavy atom. The van der Waals surface area contributed by atoms with Gasteiger partial charge in [-0.25, -0.2) is 0 Å². The number of carbonyl (C=O) groups is 2. The summed E-state index contributed by atoms with van der Waals surface area (Å²) in [5, 5.41) is 2.78. The van der Waals surface area contributed by atoms with E-state index in [-0.39, 0.29) is 17.9 Å². The number of hydrogen-bond acceptors (Lipinski definition) is 3. The van der Waals surface area contributed by atoms with E-state index < -0.39 is 0 Å². The summed E-state index contributed by atoms with van der Waals surface area (Å²) >= 11 is 0. The Morgan fingerprint density at radius 1 is 1.38 bits per heavy atom. The number of anilines is 1. The minimum absolute atomic E-state index is 0.00209. The molecule has 1 aromatic rings. The molecule has 0 saturated carbocycles. The van der Waals surface area contributed by atoms with Crippen molar-refractivity contribution < 1.29 is 9.59 Å². The molecule has 5 nitrogen and oxygen atoms in total. The van der Waals surface area contributed by atoms with Gasteiger partial charge >= 0.3 is 0 Å². The molecule has 0 spiro atoms. The van der Waals surface area contributed by atoms with Crippen molar-refractivity contribution in [3.05, 3.63) is 29.8 Å². The van der Waals surface area contributed by atoms with Crippen LogP contribution in [0.5, 0.6) is 0 Å². The molecule has 3 N–H and O–H groups in total. The average molecular weight is 289 g/mol. The van der Waals surface area contributed by atoms with E-state index in [9.17, 15) is 9.59 Å². The average Bonchev–Trinajstić information content (AvgIpc) is 2.54. The maximum atomic E-state index is 12.6. The highest BCUT2D eigenvalue weighted by molar-refractivity contribution is 5.97. The van der Waals surface area contributed by atoms with Crippen molar-refractivity contribution in [1.82, 2.24) is 4.90 Å². The molecule has 0 radical (unpaired) electrons. The number of nitrogens with zero attached hydrogens (tertiary/aromatic N) is 1. The van der Waals surface area contributed by atoms with E-state index in [2.05, 4.69) is 5.32 Å². The fourth-order valence-corrected chi connectivity index (χ4v) is 2.66. The van der Waals surface area contributed by atoms with Crippen LogP contribution in [0.4, 0.5) is 5.69 Å². The lowest BCUT2D eigenvalue weighted by Gasteiger charge is -2.35. The third kappa shape index (κ3) is 3.82. The number of likely N-dealkylation sites (tertiary alicyclic amines) is 1. The molecule has 2 rings (SSSR count). The quantitative estimate of drug-likeness (QED) is 0.890. The van der Waals surface area contributed by atoms with Gasteiger partial charge in [0.05, 0.1) is 0 Å². The highest BCUT2D eigenvalue weighted by Crippen LogP contribution is 2.20. The molecule has 1 saturated heterocycles. The molecule has 1 atom stereocenters. The molecule has 1 heterocycles. The summed E-state index contributed by atoms with van der Waals surface area (Å²) < 4.78 is 0. The minimum Gasteiger partial charge on any atom is -0.334 e. The van der Waals surface area contributed by atoms with Crippen LogP contribution in [0.2, 0.25) is 0 Å². The fourth-order valence-electron chi connectivity index (χ4n) is 2.66. The first-order valence-electron chi connectivity index (χ1n) is 7.56. The highest BCUT2D eigenvalue weighted by atomic mass is 16.2. The maximum absolute atomic E-state index is 12.6. The molecule has 5 heteroatoms. The molecule has 21 heavy (non-hydrogen) atoms. The van der Waals surface area contributed by atoms with Gasteiger partial charge in [0.15, 0.2) is 0 Å². The van der Waals surface area contributed by atoms with Crippen LogP contribution in [0, 0.1) is 0 Å². The lowest BCUT2D eigenvalue weighted by atomic mass is 10.0. The van der Waals surface area contributed by atoms with Crippen molar-refractivity contribution in [2.24, 2.45) is 5.73 Å². The number of piperidine rings is 1. The van der Waals surface area contributed by atoms with Gasteiger partial charge in [0, 0.05) is 36.8 Å². The number of hydrogen-bond donors (Lipinski definition) is 2. The molecular weight excluding hydrogens is 266 g/mol. The number of carbonyl (C=O) groups excluding carboxylic acids is 2. The number of benzene rings is 1. The van der Waals surface area contributed by atoms with E-state index in [1.165, 1.54) is 0 Å². The van der Waals surface area contributed by atoms with Gasteiger partial charge < -0.3 is 16.0 Å². The molecule has 114 valence electrons. The monoisotopic (exact) mass is 289 g/mol. The van der Waals surface area contributed by atoms with Gasteiger partial charge in [0.1, 0.15) is 0 Å². The van der Waals surface area contributed by atoms with Crippen LogP contribution in [-0.4, -0.2) is 35.8 Å². The van der Waals surface area contributed by atoms with E-state index in [0.717, 1.165) is 25.8 Å². The SMILES string of the molecule is CCC(=O)Nc1cccc(C(=O)N2CCCCC2CN)c1. The number of amides is 2. The summed E-state index contributed by atoms with van der Waals surface area (Å²) in [7, 11) is 0. The standard InChI is InChI=1S/C16H23N3O2/c1-2-15(20)18-13-7-5-6-12(10-13)16(21)19-9-4-3-8-14(19)11-17/h5-7,10,14H,2-4,8-9,11,17H2,1H3,(H,18,20). The minimum atomic E-state index is -0.0580. The zero-order valence-electron chi connectivity index (χ0n) is 12.5. The van der Waals surface area contributed by atoms with Crippen LogP contribution in [0.15, 0.2) is 24.3 Å². The Balaban J connectivity index is 2.14. The van der Waals surface area contributed by atoms with Crippen molar-refractivity contribution >= 4 is 17.5 Å². The van der Waals surface area contributed by atoms with Crippen LogP contribution < -0.4 is 11.1 Å². The topological polar surface area (TPSA) is 75.4 Å². The molecular formula is C16H23N3O2. The Labute approximate surface area is 125 Å². The first kappa shape index (κ1) is 15.5. The molecule has 0 bridgehead atoms. The highest BCUT2D eigenvalue weighted by Gasteiger charge is 2.26. The van der Waals surface area contributed by atoms with Crippen LogP contribution in [0.25, 0.3) is 0 Å². The summed E-state index contributed by atoms with van der Waals surface area (Å²) in [6, 6.07) is 7.23. The van der Waals surface area contributed by atoms with Crippen molar-refractivity contribution in [3.8, 4) is 0 Å². The second-order valence-electron chi connectivity index (χ2n) is 5.37. The van der Waals surface area contributed by atoms with Gasteiger partial charge in [-0.1, -0.05) is 13.0 Å². The van der Waals surface area contributed by atoms with Crippen LogP contribution >= 0.6 is 0 Å². The van der Waals surface area contributed by atoms with E-state index in [1.807, 2.05) is 4.90 Å². The summed E-state index contributed by atoms with van der Waals surface area (Å²) in [6.45, 7) is 3.05. The van der Waals surface area contributed by atoms with Gasteiger partial charge in [-0.05, 0) is 37.5 Å². The van der Waals surface area contributed by atoms with Gasteiger partial charge in [-0.15, -0.1) is 0 Å². The smallest absolute Gasteiger partial charge is 0.254 e.